The van der Waals surface area contributed by atoms with E-state index in [0.717, 1.165) is 12.8 Å². The molecule has 0 saturated heterocycles. The minimum absolute atomic E-state index is 0.142. The molecule has 0 atom stereocenters. The third-order valence-electron chi connectivity index (χ3n) is 4.70. The maximum absolute atomic E-state index is 13.2. The van der Waals surface area contributed by atoms with Gasteiger partial charge in [-0.25, -0.2) is 4.79 Å². The molecule has 0 spiro atoms. The van der Waals surface area contributed by atoms with E-state index in [2.05, 4.69) is 15.2 Å². The van der Waals surface area contributed by atoms with E-state index in [-0.39, 0.29) is 24.6 Å². The second kappa shape index (κ2) is 8.04. The van der Waals surface area contributed by atoms with Gasteiger partial charge < -0.3 is 10.1 Å². The molecule has 28 heavy (non-hydrogen) atoms. The predicted octanol–water partition coefficient (Wildman–Crippen LogP) is 3.00. The summed E-state index contributed by atoms with van der Waals surface area (Å²) in [7, 11) is 1.27. The van der Waals surface area contributed by atoms with Crippen molar-refractivity contribution < 1.29 is 27.5 Å². The van der Waals surface area contributed by atoms with Crippen molar-refractivity contribution in [2.45, 2.75) is 38.4 Å². The summed E-state index contributed by atoms with van der Waals surface area (Å²) in [4.78, 5) is 23.6. The van der Waals surface area contributed by atoms with E-state index in [1.807, 2.05) is 0 Å². The van der Waals surface area contributed by atoms with Gasteiger partial charge in [0.25, 0.3) is 5.91 Å². The summed E-state index contributed by atoms with van der Waals surface area (Å²) in [6, 6.07) is 5.92. The first-order valence-electron chi connectivity index (χ1n) is 8.93. The number of ether oxygens (including phenoxy) is 1. The minimum atomic E-state index is -4.47. The molecule has 1 aliphatic rings. The molecule has 1 aromatic carbocycles. The topological polar surface area (TPSA) is 73.2 Å². The molecule has 0 aliphatic heterocycles. The zero-order valence-electron chi connectivity index (χ0n) is 15.3. The minimum Gasteiger partial charge on any atom is -0.465 e. The fourth-order valence-corrected chi connectivity index (χ4v) is 3.34. The number of aromatic nitrogens is 2. The van der Waals surface area contributed by atoms with Crippen LogP contribution >= 0.6 is 0 Å². The largest absolute Gasteiger partial charge is 0.465 e. The number of nitrogens with one attached hydrogen (secondary N) is 1. The third-order valence-corrected chi connectivity index (χ3v) is 4.70. The van der Waals surface area contributed by atoms with Crippen LogP contribution in [0, 0.1) is 0 Å². The predicted molar refractivity (Wildman–Crippen MR) is 94.0 cm³/mol. The van der Waals surface area contributed by atoms with Gasteiger partial charge in [-0.05, 0) is 49.9 Å². The Morgan fingerprint density at radius 1 is 1.14 bits per heavy atom. The van der Waals surface area contributed by atoms with Gasteiger partial charge in [0, 0.05) is 23.4 Å². The number of hydrogen-bond acceptors (Lipinski definition) is 4. The van der Waals surface area contributed by atoms with Crippen LogP contribution in [0.15, 0.2) is 24.3 Å². The second-order valence-corrected chi connectivity index (χ2v) is 6.53. The molecular weight excluding hydrogens is 375 g/mol. The summed E-state index contributed by atoms with van der Waals surface area (Å²) in [6.45, 7) is 0.299. The number of alkyl halides is 3. The number of halogens is 3. The average molecular weight is 395 g/mol. The lowest BCUT2D eigenvalue weighted by molar-refractivity contribution is -0.142. The van der Waals surface area contributed by atoms with Gasteiger partial charge in [-0.3, -0.25) is 9.48 Å². The van der Waals surface area contributed by atoms with E-state index in [0.29, 0.717) is 29.7 Å². The Bertz CT molecular complexity index is 873. The van der Waals surface area contributed by atoms with Crippen LogP contribution in [0.5, 0.6) is 0 Å². The van der Waals surface area contributed by atoms with Crippen molar-refractivity contribution in [3.05, 3.63) is 52.3 Å². The molecule has 9 heteroatoms. The Morgan fingerprint density at radius 2 is 1.79 bits per heavy atom. The molecule has 0 saturated carbocycles. The van der Waals surface area contributed by atoms with Gasteiger partial charge in [-0.2, -0.15) is 18.3 Å². The zero-order chi connectivity index (χ0) is 20.3. The van der Waals surface area contributed by atoms with Crippen molar-refractivity contribution >= 4 is 11.9 Å². The number of amides is 1. The first-order valence-corrected chi connectivity index (χ1v) is 8.93. The molecule has 1 aromatic heterocycles. The summed E-state index contributed by atoms with van der Waals surface area (Å²) in [5.41, 5.74) is 0.735. The Morgan fingerprint density at radius 3 is 2.43 bits per heavy atom. The fraction of sp³-hybridized carbons (Fsp3) is 0.421. The number of esters is 1. The number of nitrogens with zero attached hydrogens (tertiary/aromatic N) is 2. The zero-order valence-corrected chi connectivity index (χ0v) is 15.3. The van der Waals surface area contributed by atoms with Gasteiger partial charge in [-0.1, -0.05) is 0 Å². The number of carbonyl (C=O) groups excluding carboxylic acids is 2. The van der Waals surface area contributed by atoms with Gasteiger partial charge >= 0.3 is 12.1 Å². The van der Waals surface area contributed by atoms with Gasteiger partial charge in [0.2, 0.25) is 0 Å². The van der Waals surface area contributed by atoms with Crippen LogP contribution in [0.4, 0.5) is 13.2 Å². The highest BCUT2D eigenvalue weighted by atomic mass is 19.4. The quantitative estimate of drug-likeness (QED) is 0.790. The summed E-state index contributed by atoms with van der Waals surface area (Å²) in [6.07, 6.45) is -1.99. The summed E-state index contributed by atoms with van der Waals surface area (Å²) >= 11 is 0. The first kappa shape index (κ1) is 19.9. The van der Waals surface area contributed by atoms with E-state index in [9.17, 15) is 22.8 Å². The van der Waals surface area contributed by atoms with E-state index in [1.54, 1.807) is 0 Å². The van der Waals surface area contributed by atoms with Crippen LogP contribution < -0.4 is 5.32 Å². The lowest BCUT2D eigenvalue weighted by Gasteiger charge is -2.15. The first-order chi connectivity index (χ1) is 13.3. The third kappa shape index (κ3) is 4.18. The van der Waals surface area contributed by atoms with Crippen LogP contribution in [-0.2, 0) is 30.3 Å². The molecule has 2 aromatic rings. The highest BCUT2D eigenvalue weighted by Gasteiger charge is 2.39. The van der Waals surface area contributed by atoms with Gasteiger partial charge in [-0.15, -0.1) is 0 Å². The monoisotopic (exact) mass is 395 g/mol. The fourth-order valence-electron chi connectivity index (χ4n) is 3.34. The van der Waals surface area contributed by atoms with Crippen molar-refractivity contribution in [2.24, 2.45) is 0 Å². The molecule has 1 aliphatic carbocycles. The van der Waals surface area contributed by atoms with E-state index in [1.165, 1.54) is 36.1 Å². The highest BCUT2D eigenvalue weighted by Crippen LogP contribution is 2.35. The summed E-state index contributed by atoms with van der Waals surface area (Å²) < 4.78 is 45.5. The van der Waals surface area contributed by atoms with Crippen LogP contribution in [0.25, 0.3) is 0 Å². The van der Waals surface area contributed by atoms with E-state index in [4.69, 9.17) is 0 Å². The molecule has 0 fully saturated rings. The Balaban J connectivity index is 1.64. The SMILES string of the molecule is COC(=O)c1ccc(C(=O)NCCn2nc(C(F)(F)F)c3c2CCCC3)cc1. The molecule has 6 nitrogen and oxygen atoms in total. The van der Waals surface area contributed by atoms with Crippen molar-refractivity contribution in [2.75, 3.05) is 13.7 Å². The van der Waals surface area contributed by atoms with Gasteiger partial charge in [0.05, 0.1) is 19.2 Å². The molecule has 0 bridgehead atoms. The Kier molecular flexibility index (Phi) is 5.71. The molecule has 0 radical (unpaired) electrons. The van der Waals surface area contributed by atoms with Gasteiger partial charge in [0.15, 0.2) is 5.69 Å². The second-order valence-electron chi connectivity index (χ2n) is 6.53. The Hall–Kier alpha value is -2.84. The molecule has 1 N–H and O–H groups in total. The summed E-state index contributed by atoms with van der Waals surface area (Å²) in [5, 5.41) is 6.43. The lowest BCUT2D eigenvalue weighted by atomic mass is 9.95. The molecule has 1 heterocycles. The van der Waals surface area contributed by atoms with Crippen molar-refractivity contribution in [1.82, 2.24) is 15.1 Å². The Labute approximate surface area is 159 Å². The molecule has 150 valence electrons. The number of hydrogen-bond donors (Lipinski definition) is 1. The molecule has 1 amide bonds. The maximum Gasteiger partial charge on any atom is 0.435 e. The van der Waals surface area contributed by atoms with E-state index < -0.39 is 17.8 Å². The highest BCUT2D eigenvalue weighted by molar-refractivity contribution is 5.96. The number of rotatable bonds is 5. The van der Waals surface area contributed by atoms with Crippen molar-refractivity contribution in [1.29, 1.82) is 0 Å². The standard InChI is InChI=1S/C19H20F3N3O3/c1-28-18(27)13-8-6-12(7-9-13)17(26)23-10-11-25-15-5-3-2-4-14(15)16(24-25)19(20,21)22/h6-9H,2-5,10-11H2,1H3,(H,23,26). The molecular formula is C19H20F3N3O3. The van der Waals surface area contributed by atoms with Crippen LogP contribution in [0.2, 0.25) is 0 Å². The smallest absolute Gasteiger partial charge is 0.435 e. The van der Waals surface area contributed by atoms with Crippen LogP contribution in [0.1, 0.15) is 50.5 Å². The number of benzene rings is 1. The summed E-state index contributed by atoms with van der Waals surface area (Å²) in [5.74, 6) is -0.885. The van der Waals surface area contributed by atoms with Crippen molar-refractivity contribution in [3.63, 3.8) is 0 Å². The van der Waals surface area contributed by atoms with Crippen molar-refractivity contribution in [3.8, 4) is 0 Å². The lowest BCUT2D eigenvalue weighted by Crippen LogP contribution is -2.28. The van der Waals surface area contributed by atoms with Crippen LogP contribution in [-0.4, -0.2) is 35.3 Å². The number of carbonyl (C=O) groups is 2. The number of fused-ring (bicyclic) bond motifs is 1. The molecule has 0 unspecified atom stereocenters. The van der Waals surface area contributed by atoms with Gasteiger partial charge in [0.1, 0.15) is 0 Å². The number of methoxy groups -OCH3 is 1. The normalized spacial score (nSPS) is 13.7. The molecule has 3 rings (SSSR count). The van der Waals surface area contributed by atoms with E-state index >= 15 is 0 Å². The van der Waals surface area contributed by atoms with Crippen LogP contribution in [0.3, 0.4) is 0 Å². The average Bonchev–Trinajstić information content (AvgIpc) is 3.07. The maximum atomic E-state index is 13.2.